The van der Waals surface area contributed by atoms with Crippen LogP contribution in [0.1, 0.15) is 25.3 Å². The molecule has 3 heteroatoms. The van der Waals surface area contributed by atoms with E-state index in [-0.39, 0.29) is 5.63 Å². The van der Waals surface area contributed by atoms with E-state index in [0.717, 1.165) is 41.0 Å². The van der Waals surface area contributed by atoms with Gasteiger partial charge in [-0.1, -0.05) is 49.7 Å². The molecule has 0 amide bonds. The zero-order chi connectivity index (χ0) is 15.4. The molecule has 0 fully saturated rings. The van der Waals surface area contributed by atoms with Gasteiger partial charge in [-0.05, 0) is 41.5 Å². The molecule has 2 nitrogen and oxygen atoms in total. The van der Waals surface area contributed by atoms with Crippen LogP contribution < -0.4 is 5.63 Å². The Morgan fingerprint density at radius 1 is 1.09 bits per heavy atom. The maximum Gasteiger partial charge on any atom is 0.344 e. The molecule has 22 heavy (non-hydrogen) atoms. The van der Waals surface area contributed by atoms with E-state index in [4.69, 9.17) is 4.42 Å². The molecule has 3 aromatic rings. The molecular formula is C19H18O2S. The van der Waals surface area contributed by atoms with E-state index in [0.29, 0.717) is 5.56 Å². The van der Waals surface area contributed by atoms with Crippen molar-refractivity contribution in [2.75, 3.05) is 0 Å². The summed E-state index contributed by atoms with van der Waals surface area (Å²) in [6, 6.07) is 15.7. The summed E-state index contributed by atoms with van der Waals surface area (Å²) in [4.78, 5) is 13.4. The number of hydrogen-bond donors (Lipinski definition) is 0. The molecule has 2 heterocycles. The van der Waals surface area contributed by atoms with Crippen LogP contribution in [-0.2, 0) is 6.42 Å². The first-order valence-electron chi connectivity index (χ1n) is 7.56. The molecule has 0 aliphatic heterocycles. The molecular weight excluding hydrogens is 292 g/mol. The highest BCUT2D eigenvalue weighted by Gasteiger charge is 2.14. The lowest BCUT2D eigenvalue weighted by Gasteiger charge is -2.09. The van der Waals surface area contributed by atoms with Crippen molar-refractivity contribution < 1.29 is 4.42 Å². The van der Waals surface area contributed by atoms with Crippen molar-refractivity contribution in [1.29, 1.82) is 0 Å². The molecule has 112 valence electrons. The zero-order valence-electron chi connectivity index (χ0n) is 12.5. The zero-order valence-corrected chi connectivity index (χ0v) is 13.4. The Bertz CT molecular complexity index is 786. The monoisotopic (exact) mass is 310 g/mol. The van der Waals surface area contributed by atoms with Crippen LogP contribution in [0.4, 0.5) is 0 Å². The lowest BCUT2D eigenvalue weighted by atomic mass is 10.0. The second-order valence-corrected chi connectivity index (χ2v) is 6.20. The summed E-state index contributed by atoms with van der Waals surface area (Å²) in [5.41, 5.74) is 2.40. The van der Waals surface area contributed by atoms with Crippen LogP contribution in [0.2, 0.25) is 0 Å². The molecule has 0 aliphatic carbocycles. The molecule has 0 atom stereocenters. The van der Waals surface area contributed by atoms with E-state index in [2.05, 4.69) is 6.92 Å². The normalized spacial score (nSPS) is 10.8. The first kappa shape index (κ1) is 14.8. The first-order chi connectivity index (χ1) is 10.8. The molecule has 1 aromatic carbocycles. The average Bonchev–Trinajstić information content (AvgIpc) is 3.08. The van der Waals surface area contributed by atoms with Gasteiger partial charge in [0.2, 0.25) is 0 Å². The Labute approximate surface area is 134 Å². The van der Waals surface area contributed by atoms with Gasteiger partial charge < -0.3 is 4.42 Å². The molecule has 0 unspecified atom stereocenters. The Morgan fingerprint density at radius 3 is 2.59 bits per heavy atom. The third kappa shape index (κ3) is 3.04. The predicted octanol–water partition coefficient (Wildman–Crippen LogP) is 5.38. The predicted molar refractivity (Wildman–Crippen MR) is 92.3 cm³/mol. The SMILES string of the molecule is CCCCc1cc(-c2ccccc2)c(=O)oc1-c1cccs1. The molecule has 0 spiro atoms. The van der Waals surface area contributed by atoms with Crippen molar-refractivity contribution in [3.8, 4) is 21.8 Å². The number of unbranched alkanes of at least 4 members (excludes halogenated alkanes) is 1. The first-order valence-corrected chi connectivity index (χ1v) is 8.44. The van der Waals surface area contributed by atoms with E-state index in [1.54, 1.807) is 11.3 Å². The largest absolute Gasteiger partial charge is 0.421 e. The third-order valence-corrected chi connectivity index (χ3v) is 4.52. The summed E-state index contributed by atoms with van der Waals surface area (Å²) in [6.07, 6.45) is 3.12. The Balaban J connectivity index is 2.13. The van der Waals surface area contributed by atoms with E-state index in [1.165, 1.54) is 0 Å². The minimum atomic E-state index is -0.269. The van der Waals surface area contributed by atoms with Crippen molar-refractivity contribution in [2.24, 2.45) is 0 Å². The van der Waals surface area contributed by atoms with Crippen LogP contribution in [0.5, 0.6) is 0 Å². The van der Waals surface area contributed by atoms with Gasteiger partial charge in [0.1, 0.15) is 0 Å². The summed E-state index contributed by atoms with van der Waals surface area (Å²) in [7, 11) is 0. The molecule has 0 saturated carbocycles. The Hall–Kier alpha value is -2.13. The molecule has 0 N–H and O–H groups in total. The fourth-order valence-electron chi connectivity index (χ4n) is 2.50. The van der Waals surface area contributed by atoms with Gasteiger partial charge in [-0.3, -0.25) is 0 Å². The van der Waals surface area contributed by atoms with Crippen LogP contribution >= 0.6 is 11.3 Å². The minimum Gasteiger partial charge on any atom is -0.421 e. The van der Waals surface area contributed by atoms with Crippen LogP contribution in [0.3, 0.4) is 0 Å². The van der Waals surface area contributed by atoms with Gasteiger partial charge in [-0.25, -0.2) is 4.79 Å². The fraction of sp³-hybridized carbons (Fsp3) is 0.211. The number of thiophene rings is 1. The maximum atomic E-state index is 12.4. The molecule has 2 aromatic heterocycles. The number of aryl methyl sites for hydroxylation is 1. The van der Waals surface area contributed by atoms with Crippen molar-refractivity contribution >= 4 is 11.3 Å². The maximum absolute atomic E-state index is 12.4. The van der Waals surface area contributed by atoms with E-state index in [9.17, 15) is 4.79 Å². The van der Waals surface area contributed by atoms with Gasteiger partial charge in [0.25, 0.3) is 0 Å². The van der Waals surface area contributed by atoms with Crippen molar-refractivity contribution in [3.63, 3.8) is 0 Å². The van der Waals surface area contributed by atoms with Gasteiger partial charge in [0, 0.05) is 0 Å². The van der Waals surface area contributed by atoms with Gasteiger partial charge in [-0.2, -0.15) is 0 Å². The summed E-state index contributed by atoms with van der Waals surface area (Å²) in [5, 5.41) is 2.00. The van der Waals surface area contributed by atoms with Gasteiger partial charge in [0.15, 0.2) is 5.76 Å². The summed E-state index contributed by atoms with van der Waals surface area (Å²) < 4.78 is 5.69. The van der Waals surface area contributed by atoms with Crippen LogP contribution in [0.25, 0.3) is 21.8 Å². The molecule has 3 rings (SSSR count). The van der Waals surface area contributed by atoms with Crippen molar-refractivity contribution in [1.82, 2.24) is 0 Å². The molecule has 0 radical (unpaired) electrons. The van der Waals surface area contributed by atoms with E-state index >= 15 is 0 Å². The summed E-state index contributed by atoms with van der Waals surface area (Å²) in [5.74, 6) is 0.730. The quantitative estimate of drug-likeness (QED) is 0.633. The van der Waals surface area contributed by atoms with Crippen LogP contribution in [0.15, 0.2) is 63.1 Å². The average molecular weight is 310 g/mol. The second-order valence-electron chi connectivity index (χ2n) is 5.25. The van der Waals surface area contributed by atoms with Gasteiger partial charge >= 0.3 is 5.63 Å². The van der Waals surface area contributed by atoms with Gasteiger partial charge in [0.05, 0.1) is 10.4 Å². The second kappa shape index (κ2) is 6.75. The highest BCUT2D eigenvalue weighted by atomic mass is 32.1. The smallest absolute Gasteiger partial charge is 0.344 e. The van der Waals surface area contributed by atoms with Crippen molar-refractivity contribution in [3.05, 3.63) is 69.9 Å². The Kier molecular flexibility index (Phi) is 4.54. The fourth-order valence-corrected chi connectivity index (χ4v) is 3.24. The summed E-state index contributed by atoms with van der Waals surface area (Å²) in [6.45, 7) is 2.17. The van der Waals surface area contributed by atoms with E-state index < -0.39 is 0 Å². The van der Waals surface area contributed by atoms with Crippen LogP contribution in [-0.4, -0.2) is 0 Å². The minimum absolute atomic E-state index is 0.269. The highest BCUT2D eigenvalue weighted by molar-refractivity contribution is 7.13. The molecule has 0 bridgehead atoms. The number of benzene rings is 1. The molecule has 0 saturated heterocycles. The lowest BCUT2D eigenvalue weighted by Crippen LogP contribution is -2.06. The van der Waals surface area contributed by atoms with Gasteiger partial charge in [-0.15, -0.1) is 11.3 Å². The number of rotatable bonds is 5. The van der Waals surface area contributed by atoms with E-state index in [1.807, 2.05) is 53.9 Å². The standard InChI is InChI=1S/C19H18O2S/c1-2-3-8-15-13-16(14-9-5-4-6-10-14)19(20)21-18(15)17-11-7-12-22-17/h4-7,9-13H,2-3,8H2,1H3. The highest BCUT2D eigenvalue weighted by Crippen LogP contribution is 2.30. The van der Waals surface area contributed by atoms with Crippen LogP contribution in [0, 0.1) is 0 Å². The molecule has 0 aliphatic rings. The lowest BCUT2D eigenvalue weighted by molar-refractivity contribution is 0.522. The summed E-state index contributed by atoms with van der Waals surface area (Å²) >= 11 is 1.60. The third-order valence-electron chi connectivity index (χ3n) is 3.65. The van der Waals surface area contributed by atoms with Crippen molar-refractivity contribution in [2.45, 2.75) is 26.2 Å². The Morgan fingerprint density at radius 2 is 1.91 bits per heavy atom. The number of hydrogen-bond acceptors (Lipinski definition) is 3. The topological polar surface area (TPSA) is 30.2 Å².